The standard InChI is InChI=1S/C31H35ClN2O3S/c1-2-36-26-18-22(17-25(32)29(26)37-20-21-11-5-3-6-12-21)19-33-31-28(24-15-9-10-16-27(24)38-31)30(35)34-23-13-7-4-8-14-23/h3,5-6,11-12,17-19,23H,2,4,7-10,13-16,20H2,1H3,(H,34,35). The van der Waals surface area contributed by atoms with Crippen molar-refractivity contribution in [3.05, 3.63) is 74.6 Å². The average molecular weight is 551 g/mol. The maximum absolute atomic E-state index is 13.5. The highest BCUT2D eigenvalue weighted by atomic mass is 35.5. The number of benzene rings is 2. The number of fused-ring (bicyclic) bond motifs is 1. The van der Waals surface area contributed by atoms with E-state index in [9.17, 15) is 4.79 Å². The number of hydrogen-bond acceptors (Lipinski definition) is 5. The van der Waals surface area contributed by atoms with Gasteiger partial charge in [-0.15, -0.1) is 11.3 Å². The van der Waals surface area contributed by atoms with Crippen LogP contribution in [0.5, 0.6) is 11.5 Å². The maximum Gasteiger partial charge on any atom is 0.254 e. The second kappa shape index (κ2) is 12.8. The number of carbonyl (C=O) groups is 1. The highest BCUT2D eigenvalue weighted by Crippen LogP contribution is 2.41. The van der Waals surface area contributed by atoms with Crippen molar-refractivity contribution >= 4 is 40.1 Å². The quantitative estimate of drug-likeness (QED) is 0.274. The molecule has 0 saturated heterocycles. The molecule has 5 rings (SSSR count). The van der Waals surface area contributed by atoms with Crippen molar-refractivity contribution in [1.82, 2.24) is 5.32 Å². The van der Waals surface area contributed by atoms with Gasteiger partial charge >= 0.3 is 0 Å². The van der Waals surface area contributed by atoms with Crippen LogP contribution in [0.2, 0.25) is 5.02 Å². The van der Waals surface area contributed by atoms with Gasteiger partial charge in [0, 0.05) is 17.1 Å². The summed E-state index contributed by atoms with van der Waals surface area (Å²) in [5.41, 5.74) is 3.82. The fourth-order valence-electron chi connectivity index (χ4n) is 5.31. The van der Waals surface area contributed by atoms with E-state index in [0.29, 0.717) is 29.7 Å². The van der Waals surface area contributed by atoms with Crippen LogP contribution in [0.4, 0.5) is 5.00 Å². The lowest BCUT2D eigenvalue weighted by atomic mass is 9.93. The summed E-state index contributed by atoms with van der Waals surface area (Å²) in [5, 5.41) is 4.56. The van der Waals surface area contributed by atoms with E-state index in [4.69, 9.17) is 26.1 Å². The first-order valence-corrected chi connectivity index (χ1v) is 14.9. The number of nitrogens with one attached hydrogen (secondary N) is 1. The van der Waals surface area contributed by atoms with Gasteiger partial charge in [0.2, 0.25) is 0 Å². The second-order valence-corrected chi connectivity index (χ2v) is 11.5. The van der Waals surface area contributed by atoms with Crippen molar-refractivity contribution in [2.24, 2.45) is 4.99 Å². The Kier molecular flexibility index (Phi) is 9.02. The first kappa shape index (κ1) is 26.8. The largest absolute Gasteiger partial charge is 0.490 e. The Morgan fingerprint density at radius 2 is 1.87 bits per heavy atom. The Hall–Kier alpha value is -2.83. The fraction of sp³-hybridized carbons (Fsp3) is 0.419. The number of hydrogen-bond donors (Lipinski definition) is 1. The number of aryl methyl sites for hydroxylation is 1. The molecule has 0 spiro atoms. The molecule has 2 aromatic carbocycles. The Morgan fingerprint density at radius 1 is 1.08 bits per heavy atom. The second-order valence-electron chi connectivity index (χ2n) is 9.99. The van der Waals surface area contributed by atoms with Crippen LogP contribution in [-0.2, 0) is 19.4 Å². The van der Waals surface area contributed by atoms with E-state index in [-0.39, 0.29) is 11.9 Å². The number of aliphatic imine (C=N–C) groups is 1. The van der Waals surface area contributed by atoms with Gasteiger partial charge in [-0.05, 0) is 74.3 Å². The van der Waals surface area contributed by atoms with Gasteiger partial charge in [0.05, 0.1) is 17.2 Å². The molecule has 200 valence electrons. The predicted molar refractivity (Wildman–Crippen MR) is 156 cm³/mol. The third-order valence-electron chi connectivity index (χ3n) is 7.21. The van der Waals surface area contributed by atoms with Gasteiger partial charge in [-0.1, -0.05) is 61.2 Å². The molecule has 0 atom stereocenters. The Labute approximate surface area is 234 Å². The Balaban J connectivity index is 1.40. The summed E-state index contributed by atoms with van der Waals surface area (Å²) in [4.78, 5) is 19.6. The lowest BCUT2D eigenvalue weighted by molar-refractivity contribution is 0.0927. The van der Waals surface area contributed by atoms with Crippen molar-refractivity contribution < 1.29 is 14.3 Å². The van der Waals surface area contributed by atoms with Crippen LogP contribution >= 0.6 is 22.9 Å². The van der Waals surface area contributed by atoms with Crippen LogP contribution < -0.4 is 14.8 Å². The molecular formula is C31H35ClN2O3S. The summed E-state index contributed by atoms with van der Waals surface area (Å²) in [6.45, 7) is 2.82. The van der Waals surface area contributed by atoms with E-state index >= 15 is 0 Å². The summed E-state index contributed by atoms with van der Waals surface area (Å²) >= 11 is 8.31. The van der Waals surface area contributed by atoms with Crippen molar-refractivity contribution in [2.45, 2.75) is 77.4 Å². The topological polar surface area (TPSA) is 59.9 Å². The van der Waals surface area contributed by atoms with Gasteiger partial charge in [-0.2, -0.15) is 0 Å². The Bertz CT molecular complexity index is 1280. The lowest BCUT2D eigenvalue weighted by Crippen LogP contribution is -2.36. The number of halogens is 1. The minimum Gasteiger partial charge on any atom is -0.490 e. The molecule has 1 saturated carbocycles. The first-order chi connectivity index (χ1) is 18.6. The Morgan fingerprint density at radius 3 is 2.66 bits per heavy atom. The van der Waals surface area contributed by atoms with Gasteiger partial charge < -0.3 is 14.8 Å². The summed E-state index contributed by atoms with van der Waals surface area (Å²) in [7, 11) is 0. The van der Waals surface area contributed by atoms with E-state index in [1.807, 2.05) is 49.4 Å². The van der Waals surface area contributed by atoms with Crippen LogP contribution in [0.3, 0.4) is 0 Å². The molecule has 2 aliphatic carbocycles. The summed E-state index contributed by atoms with van der Waals surface area (Å²) in [6, 6.07) is 14.0. The summed E-state index contributed by atoms with van der Waals surface area (Å²) in [6.07, 6.45) is 11.8. The van der Waals surface area contributed by atoms with E-state index in [2.05, 4.69) is 5.32 Å². The van der Waals surface area contributed by atoms with Gasteiger partial charge in [0.15, 0.2) is 11.5 Å². The minimum absolute atomic E-state index is 0.0288. The van der Waals surface area contributed by atoms with Crippen molar-refractivity contribution in [3.8, 4) is 11.5 Å². The van der Waals surface area contributed by atoms with Crippen LogP contribution in [0.25, 0.3) is 0 Å². The van der Waals surface area contributed by atoms with Crippen LogP contribution in [0, 0.1) is 0 Å². The number of rotatable bonds is 9. The SMILES string of the molecule is CCOc1cc(C=Nc2sc3c(c2C(=O)NC2CCCCC2)CCCC3)cc(Cl)c1OCc1ccccc1. The number of nitrogens with zero attached hydrogens (tertiary/aromatic N) is 1. The van der Waals surface area contributed by atoms with E-state index in [0.717, 1.165) is 60.2 Å². The smallest absolute Gasteiger partial charge is 0.254 e. The van der Waals surface area contributed by atoms with E-state index in [1.54, 1.807) is 17.6 Å². The predicted octanol–water partition coefficient (Wildman–Crippen LogP) is 8.07. The summed E-state index contributed by atoms with van der Waals surface area (Å²) < 4.78 is 11.9. The first-order valence-electron chi connectivity index (χ1n) is 13.7. The molecule has 0 aliphatic heterocycles. The van der Waals surface area contributed by atoms with Gasteiger partial charge in [-0.3, -0.25) is 4.79 Å². The number of thiophene rings is 1. The summed E-state index contributed by atoms with van der Waals surface area (Å²) in [5.74, 6) is 1.13. The minimum atomic E-state index is 0.0288. The molecule has 5 nitrogen and oxygen atoms in total. The van der Waals surface area contributed by atoms with Crippen molar-refractivity contribution in [3.63, 3.8) is 0 Å². The highest BCUT2D eigenvalue weighted by Gasteiger charge is 2.27. The van der Waals surface area contributed by atoms with Crippen LogP contribution in [0.1, 0.15) is 83.8 Å². The zero-order chi connectivity index (χ0) is 26.3. The molecule has 1 fully saturated rings. The molecule has 2 aliphatic rings. The molecule has 1 heterocycles. The van der Waals surface area contributed by atoms with Gasteiger partial charge in [-0.25, -0.2) is 4.99 Å². The molecule has 7 heteroatoms. The number of ether oxygens (including phenoxy) is 2. The number of carbonyl (C=O) groups excluding carboxylic acids is 1. The van der Waals surface area contributed by atoms with E-state index < -0.39 is 0 Å². The molecule has 0 bridgehead atoms. The molecule has 1 aromatic heterocycles. The third-order valence-corrected chi connectivity index (χ3v) is 8.69. The lowest BCUT2D eigenvalue weighted by Gasteiger charge is -2.23. The van der Waals surface area contributed by atoms with Crippen LogP contribution in [0.15, 0.2) is 47.5 Å². The highest BCUT2D eigenvalue weighted by molar-refractivity contribution is 7.16. The van der Waals surface area contributed by atoms with Gasteiger partial charge in [0.1, 0.15) is 11.6 Å². The van der Waals surface area contributed by atoms with E-state index in [1.165, 1.54) is 29.7 Å². The molecule has 0 unspecified atom stereocenters. The van der Waals surface area contributed by atoms with Crippen molar-refractivity contribution in [1.29, 1.82) is 0 Å². The maximum atomic E-state index is 13.5. The van der Waals surface area contributed by atoms with Gasteiger partial charge in [0.25, 0.3) is 5.91 Å². The number of amides is 1. The molecule has 3 aromatic rings. The average Bonchev–Trinajstić information content (AvgIpc) is 3.31. The molecule has 1 amide bonds. The molecule has 0 radical (unpaired) electrons. The zero-order valence-corrected chi connectivity index (χ0v) is 23.5. The molecule has 38 heavy (non-hydrogen) atoms. The normalized spacial score (nSPS) is 15.8. The monoisotopic (exact) mass is 550 g/mol. The fourth-order valence-corrected chi connectivity index (χ4v) is 6.81. The van der Waals surface area contributed by atoms with Crippen molar-refractivity contribution in [2.75, 3.05) is 6.61 Å². The zero-order valence-electron chi connectivity index (χ0n) is 21.9. The molecule has 1 N–H and O–H groups in total. The van der Waals surface area contributed by atoms with Crippen LogP contribution in [-0.4, -0.2) is 24.8 Å². The third kappa shape index (κ3) is 6.41. The molecular weight excluding hydrogens is 516 g/mol.